The SMILES string of the molecule is C=C1C[C@H]2C=Nc3cc(OCCCC(=O)Nc4cc(C(=O)Nc5ccc(-c6cc(C(=O)OCCCN)n(C)c6)cc5)n(C)c4)c(C)cc3C(=O)N2C1. The van der Waals surface area contributed by atoms with Gasteiger partial charge in [-0.15, -0.1) is 0 Å². The van der Waals surface area contributed by atoms with E-state index in [9.17, 15) is 19.2 Å². The quantitative estimate of drug-likeness (QED) is 0.0956. The summed E-state index contributed by atoms with van der Waals surface area (Å²) >= 11 is 0. The first-order valence-corrected chi connectivity index (χ1v) is 17.2. The van der Waals surface area contributed by atoms with Crippen LogP contribution >= 0.6 is 0 Å². The van der Waals surface area contributed by atoms with Crippen molar-refractivity contribution in [2.24, 2.45) is 24.8 Å². The van der Waals surface area contributed by atoms with Crippen LogP contribution in [-0.2, 0) is 23.6 Å². The first-order valence-electron chi connectivity index (χ1n) is 17.2. The third-order valence-electron chi connectivity index (χ3n) is 9.06. The maximum absolute atomic E-state index is 13.1. The van der Waals surface area contributed by atoms with Gasteiger partial charge in [-0.2, -0.15) is 0 Å². The number of anilines is 2. The molecule has 0 bridgehead atoms. The van der Waals surface area contributed by atoms with Crippen LogP contribution in [0, 0.1) is 6.92 Å². The number of aliphatic imine (C=N–C) groups is 1. The highest BCUT2D eigenvalue weighted by molar-refractivity contribution is 6.05. The van der Waals surface area contributed by atoms with Gasteiger partial charge in [0.05, 0.1) is 36.2 Å². The summed E-state index contributed by atoms with van der Waals surface area (Å²) < 4.78 is 14.6. The standard InChI is InChI=1S/C39H43N7O6/c1-24-15-30-20-41-32-19-35(25(2)16-31(32)38(49)46(30)21-24)51-13-5-7-36(47)42-29-18-33(45(4)23-29)37(48)43-28-10-8-26(9-11-28)27-17-34(44(3)22-27)39(50)52-14-6-12-40/h8-11,16-20,22-23,30H,1,5-7,12-15,21,40H2,2-4H3,(H,42,47)(H,43,48)/t30-/m0/s1. The van der Waals surface area contributed by atoms with Gasteiger partial charge >= 0.3 is 5.97 Å². The molecule has 4 heterocycles. The zero-order chi connectivity index (χ0) is 36.9. The number of carbonyl (C=O) groups excluding carboxylic acids is 4. The molecule has 1 fully saturated rings. The highest BCUT2D eigenvalue weighted by atomic mass is 16.5. The third-order valence-corrected chi connectivity index (χ3v) is 9.06. The fourth-order valence-electron chi connectivity index (χ4n) is 6.30. The number of hydrogen-bond acceptors (Lipinski definition) is 8. The lowest BCUT2D eigenvalue weighted by molar-refractivity contribution is -0.116. The van der Waals surface area contributed by atoms with Crippen LogP contribution in [0.2, 0.25) is 0 Å². The molecule has 52 heavy (non-hydrogen) atoms. The van der Waals surface area contributed by atoms with Crippen LogP contribution in [0.5, 0.6) is 5.75 Å². The van der Waals surface area contributed by atoms with Crippen LogP contribution in [-0.4, -0.2) is 76.3 Å². The van der Waals surface area contributed by atoms with Crippen molar-refractivity contribution < 1.29 is 28.7 Å². The van der Waals surface area contributed by atoms with Gasteiger partial charge < -0.3 is 39.9 Å². The third kappa shape index (κ3) is 8.00. The van der Waals surface area contributed by atoms with Crippen LogP contribution in [0.15, 0.2) is 78.1 Å². The second kappa shape index (κ2) is 15.5. The predicted molar refractivity (Wildman–Crippen MR) is 199 cm³/mol. The number of esters is 1. The van der Waals surface area contributed by atoms with Gasteiger partial charge in [-0.3, -0.25) is 19.4 Å². The maximum atomic E-state index is 13.1. The van der Waals surface area contributed by atoms with E-state index in [0.717, 1.165) is 28.7 Å². The molecule has 4 aromatic rings. The molecule has 0 aliphatic carbocycles. The molecular formula is C39H43N7O6. The Morgan fingerprint density at radius 1 is 0.942 bits per heavy atom. The van der Waals surface area contributed by atoms with Gasteiger partial charge in [0.2, 0.25) is 5.91 Å². The van der Waals surface area contributed by atoms with Crippen molar-refractivity contribution in [1.82, 2.24) is 14.0 Å². The molecule has 13 nitrogen and oxygen atoms in total. The van der Waals surface area contributed by atoms with Crippen molar-refractivity contribution in [3.8, 4) is 16.9 Å². The van der Waals surface area contributed by atoms with Gasteiger partial charge in [0, 0.05) is 63.0 Å². The van der Waals surface area contributed by atoms with E-state index in [1.165, 1.54) is 0 Å². The van der Waals surface area contributed by atoms with Crippen molar-refractivity contribution in [2.75, 3.05) is 36.9 Å². The van der Waals surface area contributed by atoms with Gasteiger partial charge in [-0.05, 0) is 74.2 Å². The average Bonchev–Trinajstić information content (AvgIpc) is 3.79. The largest absolute Gasteiger partial charge is 0.493 e. The molecule has 0 spiro atoms. The minimum Gasteiger partial charge on any atom is -0.493 e. The molecule has 13 heteroatoms. The van der Waals surface area contributed by atoms with Crippen LogP contribution in [0.3, 0.4) is 0 Å². The average molecular weight is 706 g/mol. The van der Waals surface area contributed by atoms with E-state index >= 15 is 0 Å². The molecule has 1 saturated heterocycles. The van der Waals surface area contributed by atoms with E-state index in [1.807, 2.05) is 31.3 Å². The second-order valence-corrected chi connectivity index (χ2v) is 13.1. The van der Waals surface area contributed by atoms with Gasteiger partial charge in [0.25, 0.3) is 11.8 Å². The summed E-state index contributed by atoms with van der Waals surface area (Å²) in [7, 11) is 3.51. The van der Waals surface area contributed by atoms with Crippen molar-refractivity contribution >= 4 is 47.0 Å². The lowest BCUT2D eigenvalue weighted by Gasteiger charge is -2.20. The lowest BCUT2D eigenvalue weighted by Crippen LogP contribution is -2.35. The molecule has 270 valence electrons. The first kappa shape index (κ1) is 35.9. The Bertz CT molecular complexity index is 2060. The lowest BCUT2D eigenvalue weighted by atomic mass is 10.1. The number of rotatable bonds is 13. The van der Waals surface area contributed by atoms with Gasteiger partial charge in [-0.1, -0.05) is 24.3 Å². The number of carbonyl (C=O) groups is 4. The van der Waals surface area contributed by atoms with Gasteiger partial charge in [0.1, 0.15) is 17.1 Å². The Morgan fingerprint density at radius 2 is 1.71 bits per heavy atom. The van der Waals surface area contributed by atoms with Gasteiger partial charge in [-0.25, -0.2) is 4.79 Å². The molecule has 6 rings (SSSR count). The number of fused-ring (bicyclic) bond motifs is 2. The summed E-state index contributed by atoms with van der Waals surface area (Å²) in [5.74, 6) is -0.388. The predicted octanol–water partition coefficient (Wildman–Crippen LogP) is 5.38. The summed E-state index contributed by atoms with van der Waals surface area (Å²) in [4.78, 5) is 57.8. The Morgan fingerprint density at radius 3 is 2.48 bits per heavy atom. The van der Waals surface area contributed by atoms with E-state index in [1.54, 1.807) is 70.9 Å². The fourth-order valence-corrected chi connectivity index (χ4v) is 6.30. The molecule has 3 amide bonds. The molecule has 1 atom stereocenters. The van der Waals surface area contributed by atoms with Crippen molar-refractivity contribution in [3.63, 3.8) is 0 Å². The molecule has 2 aliphatic rings. The molecule has 0 unspecified atom stereocenters. The normalized spacial score (nSPS) is 14.8. The van der Waals surface area contributed by atoms with E-state index in [4.69, 9.17) is 15.2 Å². The number of amides is 3. The highest BCUT2D eigenvalue weighted by Crippen LogP contribution is 2.35. The van der Waals surface area contributed by atoms with Gasteiger partial charge in [0.15, 0.2) is 0 Å². The Kier molecular flexibility index (Phi) is 10.7. The minimum absolute atomic E-state index is 0.0578. The topological polar surface area (TPSA) is 162 Å². The molecule has 2 aromatic carbocycles. The molecule has 2 aromatic heterocycles. The minimum atomic E-state index is -0.408. The number of aryl methyl sites for hydroxylation is 3. The maximum Gasteiger partial charge on any atom is 0.354 e. The van der Waals surface area contributed by atoms with Crippen LogP contribution in [0.1, 0.15) is 62.6 Å². The Labute approximate surface area is 302 Å². The van der Waals surface area contributed by atoms with E-state index in [0.29, 0.717) is 72.3 Å². The molecule has 0 saturated carbocycles. The smallest absolute Gasteiger partial charge is 0.354 e. The zero-order valence-corrected chi connectivity index (χ0v) is 29.6. The summed E-state index contributed by atoms with van der Waals surface area (Å²) in [6, 6.07) is 14.2. The number of ether oxygens (including phenoxy) is 2. The summed E-state index contributed by atoms with van der Waals surface area (Å²) in [5.41, 5.74) is 12.0. The number of nitrogens with one attached hydrogen (secondary N) is 2. The second-order valence-electron chi connectivity index (χ2n) is 13.1. The van der Waals surface area contributed by atoms with Crippen LogP contribution in [0.25, 0.3) is 11.1 Å². The summed E-state index contributed by atoms with van der Waals surface area (Å²) in [5, 5.41) is 5.75. The van der Waals surface area contributed by atoms with E-state index < -0.39 is 5.97 Å². The molecule has 2 aliphatic heterocycles. The molecule has 0 radical (unpaired) electrons. The number of nitrogens with two attached hydrogens (primary N) is 1. The molecule has 4 N–H and O–H groups in total. The summed E-state index contributed by atoms with van der Waals surface area (Å²) in [6.45, 7) is 7.47. The van der Waals surface area contributed by atoms with Crippen LogP contribution < -0.4 is 21.1 Å². The summed E-state index contributed by atoms with van der Waals surface area (Å²) in [6.07, 6.45) is 7.32. The van der Waals surface area contributed by atoms with Crippen molar-refractivity contribution in [3.05, 3.63) is 95.6 Å². The van der Waals surface area contributed by atoms with Crippen molar-refractivity contribution in [1.29, 1.82) is 0 Å². The fraction of sp³-hybridized carbons (Fsp3) is 0.308. The number of aromatic nitrogens is 2. The first-order chi connectivity index (χ1) is 25.0. The van der Waals surface area contributed by atoms with Crippen molar-refractivity contribution in [2.45, 2.75) is 38.6 Å². The molecular weight excluding hydrogens is 662 g/mol. The Balaban J connectivity index is 0.980. The van der Waals surface area contributed by atoms with Crippen LogP contribution in [0.4, 0.5) is 17.1 Å². The Hall–Kier alpha value is -5.95. The number of hydrogen-bond donors (Lipinski definition) is 3. The number of benzene rings is 2. The van der Waals surface area contributed by atoms with E-state index in [-0.39, 0.29) is 36.8 Å². The van der Waals surface area contributed by atoms with E-state index in [2.05, 4.69) is 22.2 Å². The highest BCUT2D eigenvalue weighted by Gasteiger charge is 2.33. The monoisotopic (exact) mass is 705 g/mol. The zero-order valence-electron chi connectivity index (χ0n) is 29.6. The number of nitrogens with zero attached hydrogens (tertiary/aromatic N) is 4.